The summed E-state index contributed by atoms with van der Waals surface area (Å²) in [6, 6.07) is 12.8. The zero-order valence-electron chi connectivity index (χ0n) is 21.0. The van der Waals surface area contributed by atoms with E-state index in [9.17, 15) is 27.7 Å². The number of anilines is 1. The zero-order valence-corrected chi connectivity index (χ0v) is 21.9. The SMILES string of the molecule is O=C(NS(=O)(=O)c1ccc(N[C@H]2CCN(CCF)C2)c([N+](=O)[O-])c1)c1ccccc1Oc1cnc2[nH]ccc2c1. The molecule has 0 bridgehead atoms. The first kappa shape index (κ1) is 27.0. The third-order valence-electron chi connectivity index (χ3n) is 6.47. The number of para-hydroxylation sites is 1. The fourth-order valence-corrected chi connectivity index (χ4v) is 5.51. The largest absolute Gasteiger partial charge is 0.455 e. The molecule has 2 aromatic heterocycles. The van der Waals surface area contributed by atoms with Crippen LogP contribution in [0.2, 0.25) is 0 Å². The number of aromatic amines is 1. The Morgan fingerprint density at radius 2 is 2.05 bits per heavy atom. The summed E-state index contributed by atoms with van der Waals surface area (Å²) in [6.45, 7) is 0.955. The Balaban J connectivity index is 1.34. The number of benzene rings is 2. The van der Waals surface area contributed by atoms with Crippen molar-refractivity contribution in [2.24, 2.45) is 0 Å². The van der Waals surface area contributed by atoms with Crippen molar-refractivity contribution >= 4 is 38.3 Å². The number of nitro benzene ring substituents is 1. The lowest BCUT2D eigenvalue weighted by molar-refractivity contribution is -0.384. The zero-order chi connectivity index (χ0) is 28.3. The number of alkyl halides is 1. The van der Waals surface area contributed by atoms with Crippen molar-refractivity contribution in [2.45, 2.75) is 17.4 Å². The van der Waals surface area contributed by atoms with Crippen LogP contribution in [0, 0.1) is 10.1 Å². The number of fused-ring (bicyclic) bond motifs is 1. The summed E-state index contributed by atoms with van der Waals surface area (Å²) in [5.41, 5.74) is 0.263. The molecule has 0 radical (unpaired) electrons. The fraction of sp³-hybridized carbons (Fsp3) is 0.231. The van der Waals surface area contributed by atoms with Gasteiger partial charge in [-0.3, -0.25) is 19.8 Å². The Labute approximate surface area is 228 Å². The molecular weight excluding hydrogens is 543 g/mol. The van der Waals surface area contributed by atoms with Crippen LogP contribution >= 0.6 is 0 Å². The summed E-state index contributed by atoms with van der Waals surface area (Å²) in [5.74, 6) is -0.546. The summed E-state index contributed by atoms with van der Waals surface area (Å²) in [4.78, 5) is 32.8. The molecule has 3 heterocycles. The minimum absolute atomic E-state index is 0.0629. The van der Waals surface area contributed by atoms with Crippen LogP contribution in [0.4, 0.5) is 15.8 Å². The second-order valence-corrected chi connectivity index (χ2v) is 10.9. The number of halogens is 1. The van der Waals surface area contributed by atoms with Gasteiger partial charge in [-0.05, 0) is 42.8 Å². The van der Waals surface area contributed by atoms with Gasteiger partial charge in [0.05, 0.1) is 21.6 Å². The molecule has 2 aromatic carbocycles. The van der Waals surface area contributed by atoms with Crippen molar-refractivity contribution in [1.82, 2.24) is 19.6 Å². The lowest BCUT2D eigenvalue weighted by Gasteiger charge is -2.16. The second kappa shape index (κ2) is 11.3. The monoisotopic (exact) mass is 568 g/mol. The van der Waals surface area contributed by atoms with Crippen LogP contribution < -0.4 is 14.8 Å². The third kappa shape index (κ3) is 5.87. The van der Waals surface area contributed by atoms with E-state index in [2.05, 4.69) is 15.3 Å². The van der Waals surface area contributed by atoms with Gasteiger partial charge >= 0.3 is 0 Å². The molecule has 1 saturated heterocycles. The average molecular weight is 569 g/mol. The van der Waals surface area contributed by atoms with E-state index in [0.29, 0.717) is 30.9 Å². The highest BCUT2D eigenvalue weighted by atomic mass is 32.2. The van der Waals surface area contributed by atoms with E-state index >= 15 is 0 Å². The van der Waals surface area contributed by atoms with Gasteiger partial charge in [0.2, 0.25) is 0 Å². The molecular formula is C26H25FN6O6S. The molecule has 1 atom stereocenters. The molecule has 12 nitrogen and oxygen atoms in total. The molecule has 14 heteroatoms. The third-order valence-corrected chi connectivity index (χ3v) is 7.80. The van der Waals surface area contributed by atoms with Crippen molar-refractivity contribution in [1.29, 1.82) is 0 Å². The van der Waals surface area contributed by atoms with Gasteiger partial charge in [-0.15, -0.1) is 0 Å². The standard InChI is InChI=1S/C26H25FN6O6S/c27-9-12-32-11-8-18(16-32)30-22-6-5-20(14-23(22)33(35)36)40(37,38)31-26(34)21-3-1-2-4-24(21)39-19-13-17-7-10-28-25(17)29-15-19/h1-7,10,13-15,18,30H,8-9,11-12,16H2,(H,28,29)(H,31,34)/t18-/m0/s1. The molecule has 4 aromatic rings. The molecule has 1 fully saturated rings. The number of nitrogens with zero attached hydrogens (tertiary/aromatic N) is 3. The highest BCUT2D eigenvalue weighted by Gasteiger charge is 2.28. The Bertz CT molecular complexity index is 1680. The summed E-state index contributed by atoms with van der Waals surface area (Å²) in [5, 5.41) is 15.6. The molecule has 3 N–H and O–H groups in total. The summed E-state index contributed by atoms with van der Waals surface area (Å²) in [7, 11) is -4.49. The van der Waals surface area contributed by atoms with Crippen molar-refractivity contribution in [2.75, 3.05) is 31.6 Å². The number of sulfonamides is 1. The first-order chi connectivity index (χ1) is 19.2. The van der Waals surface area contributed by atoms with Gasteiger partial charge in [0.25, 0.3) is 21.6 Å². The molecule has 208 valence electrons. The molecule has 1 amide bonds. The minimum Gasteiger partial charge on any atom is -0.455 e. The van der Waals surface area contributed by atoms with Gasteiger partial charge in [-0.2, -0.15) is 0 Å². The number of pyridine rings is 1. The number of carbonyl (C=O) groups excluding carboxylic acids is 1. The van der Waals surface area contributed by atoms with Crippen molar-refractivity contribution in [3.63, 3.8) is 0 Å². The van der Waals surface area contributed by atoms with E-state index in [1.807, 2.05) is 9.62 Å². The molecule has 0 aliphatic carbocycles. The topological polar surface area (TPSA) is 160 Å². The van der Waals surface area contributed by atoms with E-state index in [1.54, 1.807) is 30.5 Å². The lowest BCUT2D eigenvalue weighted by atomic mass is 10.2. The Kier molecular flexibility index (Phi) is 7.62. The smallest absolute Gasteiger partial charge is 0.293 e. The Morgan fingerprint density at radius 1 is 1.23 bits per heavy atom. The van der Waals surface area contributed by atoms with Crippen molar-refractivity contribution in [3.8, 4) is 11.5 Å². The van der Waals surface area contributed by atoms with E-state index in [4.69, 9.17) is 4.74 Å². The maximum atomic E-state index is 13.1. The number of H-pyrrole nitrogens is 1. The predicted octanol–water partition coefficient (Wildman–Crippen LogP) is 3.84. The molecule has 1 aliphatic heterocycles. The van der Waals surface area contributed by atoms with Gasteiger partial charge in [0.1, 0.15) is 29.5 Å². The van der Waals surface area contributed by atoms with E-state index in [-0.39, 0.29) is 29.6 Å². The maximum absolute atomic E-state index is 13.1. The minimum atomic E-state index is -4.49. The number of hydrogen-bond acceptors (Lipinski definition) is 9. The van der Waals surface area contributed by atoms with Gasteiger partial charge in [0.15, 0.2) is 0 Å². The number of amides is 1. The van der Waals surface area contributed by atoms with E-state index < -0.39 is 38.1 Å². The molecule has 0 unspecified atom stereocenters. The molecule has 40 heavy (non-hydrogen) atoms. The van der Waals surface area contributed by atoms with Gasteiger partial charge in [-0.25, -0.2) is 22.5 Å². The van der Waals surface area contributed by atoms with Crippen molar-refractivity contribution in [3.05, 3.63) is 82.7 Å². The van der Waals surface area contributed by atoms with Crippen LogP contribution in [-0.2, 0) is 10.0 Å². The Morgan fingerprint density at radius 3 is 2.85 bits per heavy atom. The molecule has 1 aliphatic rings. The molecule has 0 spiro atoms. The highest BCUT2D eigenvalue weighted by Crippen LogP contribution is 2.30. The maximum Gasteiger partial charge on any atom is 0.293 e. The summed E-state index contributed by atoms with van der Waals surface area (Å²) in [6.07, 6.45) is 3.84. The van der Waals surface area contributed by atoms with Crippen LogP contribution in [-0.4, -0.2) is 66.5 Å². The van der Waals surface area contributed by atoms with Crippen LogP contribution in [0.3, 0.4) is 0 Å². The molecule has 0 saturated carbocycles. The van der Waals surface area contributed by atoms with Crippen molar-refractivity contribution < 1.29 is 27.3 Å². The average Bonchev–Trinajstić information content (AvgIpc) is 3.58. The number of hydrogen-bond donors (Lipinski definition) is 3. The number of nitro groups is 1. The van der Waals surface area contributed by atoms with Crippen LogP contribution in [0.5, 0.6) is 11.5 Å². The fourth-order valence-electron chi connectivity index (χ4n) is 4.53. The number of likely N-dealkylation sites (tertiary alicyclic amines) is 1. The van der Waals surface area contributed by atoms with Gasteiger partial charge in [0, 0.05) is 43.3 Å². The summed E-state index contributed by atoms with van der Waals surface area (Å²) >= 11 is 0. The number of ether oxygens (including phenoxy) is 1. The van der Waals surface area contributed by atoms with Gasteiger partial charge < -0.3 is 15.0 Å². The quantitative estimate of drug-likeness (QED) is 0.191. The highest BCUT2D eigenvalue weighted by molar-refractivity contribution is 7.90. The van der Waals surface area contributed by atoms with Gasteiger partial charge in [-0.1, -0.05) is 12.1 Å². The van der Waals surface area contributed by atoms with E-state index in [1.165, 1.54) is 30.5 Å². The lowest BCUT2D eigenvalue weighted by Crippen LogP contribution is -2.31. The first-order valence-electron chi connectivity index (χ1n) is 12.3. The number of carbonyl (C=O) groups is 1. The van der Waals surface area contributed by atoms with E-state index in [0.717, 1.165) is 11.5 Å². The normalized spacial score (nSPS) is 15.7. The summed E-state index contributed by atoms with van der Waals surface area (Å²) < 4.78 is 46.6. The first-order valence-corrected chi connectivity index (χ1v) is 13.8. The number of nitrogens with one attached hydrogen (secondary N) is 3. The number of rotatable bonds is 10. The second-order valence-electron chi connectivity index (χ2n) is 9.17. The van der Waals surface area contributed by atoms with Crippen LogP contribution in [0.15, 0.2) is 71.9 Å². The number of aromatic nitrogens is 2. The van der Waals surface area contributed by atoms with Crippen LogP contribution in [0.1, 0.15) is 16.8 Å². The molecule has 5 rings (SSSR count). The predicted molar refractivity (Wildman–Crippen MR) is 145 cm³/mol. The Hall–Kier alpha value is -4.56. The van der Waals surface area contributed by atoms with Crippen LogP contribution in [0.25, 0.3) is 11.0 Å².